The van der Waals surface area contributed by atoms with Gasteiger partial charge in [0.2, 0.25) is 10.0 Å². The van der Waals surface area contributed by atoms with Crippen molar-refractivity contribution in [1.82, 2.24) is 9.21 Å². The first-order valence-corrected chi connectivity index (χ1v) is 8.10. The highest BCUT2D eigenvalue weighted by molar-refractivity contribution is 7.89. The zero-order valence-corrected chi connectivity index (χ0v) is 12.9. The molecule has 1 amide bonds. The van der Waals surface area contributed by atoms with Crippen molar-refractivity contribution in [2.75, 3.05) is 27.2 Å². The largest absolute Gasteiger partial charge is 0.339 e. The summed E-state index contributed by atoms with van der Waals surface area (Å²) in [4.78, 5) is 14.4. The Kier molecular flexibility index (Phi) is 4.15. The van der Waals surface area contributed by atoms with E-state index >= 15 is 0 Å². The number of carbonyl (C=O) groups is 1. The average molecular weight is 296 g/mol. The van der Waals surface area contributed by atoms with E-state index in [1.165, 1.54) is 20.2 Å². The predicted molar refractivity (Wildman–Crippen MR) is 77.2 cm³/mol. The molecular weight excluding hydrogens is 276 g/mol. The van der Waals surface area contributed by atoms with Gasteiger partial charge in [0.15, 0.2) is 0 Å². The van der Waals surface area contributed by atoms with Crippen LogP contribution in [0.15, 0.2) is 23.1 Å². The highest BCUT2D eigenvalue weighted by Gasteiger charge is 2.24. The number of benzene rings is 1. The second kappa shape index (κ2) is 5.54. The Morgan fingerprint density at radius 1 is 1.20 bits per heavy atom. The van der Waals surface area contributed by atoms with Crippen molar-refractivity contribution in [2.24, 2.45) is 0 Å². The van der Waals surface area contributed by atoms with E-state index in [9.17, 15) is 13.2 Å². The number of amides is 1. The molecule has 0 aromatic heterocycles. The molecule has 0 bridgehead atoms. The van der Waals surface area contributed by atoms with Crippen LogP contribution in [0.4, 0.5) is 0 Å². The Bertz CT molecular complexity index is 617. The van der Waals surface area contributed by atoms with Crippen LogP contribution in [0.1, 0.15) is 28.8 Å². The zero-order chi connectivity index (χ0) is 14.9. The molecule has 0 spiro atoms. The average Bonchev–Trinajstić information content (AvgIpc) is 2.92. The third kappa shape index (κ3) is 2.71. The summed E-state index contributed by atoms with van der Waals surface area (Å²) in [6.45, 7) is 3.33. The van der Waals surface area contributed by atoms with Gasteiger partial charge in [0.1, 0.15) is 0 Å². The highest BCUT2D eigenvalue weighted by atomic mass is 32.2. The molecule has 1 aliphatic rings. The molecular formula is C14H20N2O3S. The van der Waals surface area contributed by atoms with E-state index in [2.05, 4.69) is 0 Å². The van der Waals surface area contributed by atoms with E-state index in [0.717, 1.165) is 35.8 Å². The Balaban J connectivity index is 2.41. The summed E-state index contributed by atoms with van der Waals surface area (Å²) in [6, 6.07) is 4.73. The molecule has 110 valence electrons. The molecule has 1 aliphatic heterocycles. The van der Waals surface area contributed by atoms with Crippen molar-refractivity contribution in [2.45, 2.75) is 24.7 Å². The molecule has 0 aliphatic carbocycles. The van der Waals surface area contributed by atoms with Crippen LogP contribution in [0, 0.1) is 6.92 Å². The topological polar surface area (TPSA) is 57.7 Å². The number of carbonyl (C=O) groups excluding carboxylic acids is 1. The minimum Gasteiger partial charge on any atom is -0.339 e. The lowest BCUT2D eigenvalue weighted by molar-refractivity contribution is 0.0792. The zero-order valence-electron chi connectivity index (χ0n) is 12.1. The minimum atomic E-state index is -3.51. The normalized spacial score (nSPS) is 15.9. The van der Waals surface area contributed by atoms with Gasteiger partial charge in [0.25, 0.3) is 5.91 Å². The molecule has 0 N–H and O–H groups in total. The van der Waals surface area contributed by atoms with Crippen LogP contribution in [0.3, 0.4) is 0 Å². The van der Waals surface area contributed by atoms with Crippen molar-refractivity contribution < 1.29 is 13.2 Å². The number of hydrogen-bond acceptors (Lipinski definition) is 3. The lowest BCUT2D eigenvalue weighted by Gasteiger charge is -2.18. The first-order chi connectivity index (χ1) is 9.34. The lowest BCUT2D eigenvalue weighted by Crippen LogP contribution is -2.29. The monoisotopic (exact) mass is 296 g/mol. The first-order valence-electron chi connectivity index (χ1n) is 6.66. The predicted octanol–water partition coefficient (Wildman–Crippen LogP) is 1.48. The number of likely N-dealkylation sites (tertiary alicyclic amines) is 1. The molecule has 0 radical (unpaired) electrons. The van der Waals surface area contributed by atoms with Crippen LogP contribution in [0.5, 0.6) is 0 Å². The van der Waals surface area contributed by atoms with E-state index in [1.807, 2.05) is 6.92 Å². The number of sulfonamides is 1. The van der Waals surface area contributed by atoms with Crippen molar-refractivity contribution in [1.29, 1.82) is 0 Å². The van der Waals surface area contributed by atoms with E-state index in [1.54, 1.807) is 17.0 Å². The summed E-state index contributed by atoms with van der Waals surface area (Å²) < 4.78 is 25.4. The van der Waals surface area contributed by atoms with Gasteiger partial charge in [-0.05, 0) is 37.5 Å². The molecule has 2 rings (SSSR count). The summed E-state index contributed by atoms with van der Waals surface area (Å²) in [5.74, 6) is -0.0733. The summed E-state index contributed by atoms with van der Waals surface area (Å²) in [5.41, 5.74) is 1.29. The van der Waals surface area contributed by atoms with Gasteiger partial charge in [-0.2, -0.15) is 0 Å². The number of rotatable bonds is 3. The van der Waals surface area contributed by atoms with Gasteiger partial charge in [0.05, 0.1) is 4.90 Å². The van der Waals surface area contributed by atoms with Crippen LogP contribution in [0.2, 0.25) is 0 Å². The molecule has 6 heteroatoms. The Labute approximate surface area is 120 Å². The Morgan fingerprint density at radius 3 is 2.35 bits per heavy atom. The number of aryl methyl sites for hydroxylation is 1. The molecule has 1 aromatic rings. The van der Waals surface area contributed by atoms with Crippen LogP contribution in [0.25, 0.3) is 0 Å². The van der Waals surface area contributed by atoms with E-state index in [-0.39, 0.29) is 10.8 Å². The van der Waals surface area contributed by atoms with Gasteiger partial charge in [-0.25, -0.2) is 12.7 Å². The second-order valence-electron chi connectivity index (χ2n) is 5.26. The maximum Gasteiger partial charge on any atom is 0.254 e. The maximum atomic E-state index is 12.4. The minimum absolute atomic E-state index is 0.0733. The molecule has 0 atom stereocenters. The van der Waals surface area contributed by atoms with Crippen molar-refractivity contribution in [3.05, 3.63) is 29.3 Å². The van der Waals surface area contributed by atoms with Crippen LogP contribution >= 0.6 is 0 Å². The maximum absolute atomic E-state index is 12.4. The molecule has 0 unspecified atom stereocenters. The van der Waals surface area contributed by atoms with Gasteiger partial charge in [-0.3, -0.25) is 4.79 Å². The number of nitrogens with zero attached hydrogens (tertiary/aromatic N) is 2. The van der Waals surface area contributed by atoms with Gasteiger partial charge in [-0.15, -0.1) is 0 Å². The number of hydrogen-bond donors (Lipinski definition) is 0. The highest BCUT2D eigenvalue weighted by Crippen LogP contribution is 2.21. The van der Waals surface area contributed by atoms with Crippen LogP contribution in [-0.4, -0.2) is 50.7 Å². The van der Waals surface area contributed by atoms with Crippen LogP contribution in [-0.2, 0) is 10.0 Å². The van der Waals surface area contributed by atoms with Gasteiger partial charge < -0.3 is 4.90 Å². The smallest absolute Gasteiger partial charge is 0.254 e. The summed E-state index contributed by atoms with van der Waals surface area (Å²) in [6.07, 6.45) is 2.03. The fraction of sp³-hybridized carbons (Fsp3) is 0.500. The third-order valence-electron chi connectivity index (χ3n) is 3.61. The molecule has 1 heterocycles. The SMILES string of the molecule is Cc1ccc(S(=O)(=O)N(C)C)cc1C(=O)N1CCCC1. The molecule has 1 fully saturated rings. The van der Waals surface area contributed by atoms with Crippen molar-refractivity contribution in [3.8, 4) is 0 Å². The van der Waals surface area contributed by atoms with Gasteiger partial charge in [-0.1, -0.05) is 6.07 Å². The first kappa shape index (κ1) is 15.0. The van der Waals surface area contributed by atoms with E-state index in [0.29, 0.717) is 5.56 Å². The standard InChI is InChI=1S/C14H20N2O3S/c1-11-6-7-12(20(18,19)15(2)3)10-13(11)14(17)16-8-4-5-9-16/h6-7,10H,4-5,8-9H2,1-3H3. The summed E-state index contributed by atoms with van der Waals surface area (Å²) >= 11 is 0. The van der Waals surface area contributed by atoms with Gasteiger partial charge in [0, 0.05) is 32.7 Å². The third-order valence-corrected chi connectivity index (χ3v) is 5.42. The fourth-order valence-corrected chi connectivity index (χ4v) is 3.22. The van der Waals surface area contributed by atoms with E-state index in [4.69, 9.17) is 0 Å². The Morgan fingerprint density at radius 2 is 1.80 bits per heavy atom. The molecule has 20 heavy (non-hydrogen) atoms. The molecule has 0 saturated carbocycles. The summed E-state index contributed by atoms with van der Waals surface area (Å²) in [7, 11) is -0.544. The Hall–Kier alpha value is -1.40. The molecule has 1 aromatic carbocycles. The van der Waals surface area contributed by atoms with Crippen molar-refractivity contribution in [3.63, 3.8) is 0 Å². The van der Waals surface area contributed by atoms with Crippen LogP contribution < -0.4 is 0 Å². The fourth-order valence-electron chi connectivity index (χ4n) is 2.29. The molecule has 1 saturated heterocycles. The van der Waals surface area contributed by atoms with Gasteiger partial charge >= 0.3 is 0 Å². The molecule has 5 nitrogen and oxygen atoms in total. The second-order valence-corrected chi connectivity index (χ2v) is 7.42. The quantitative estimate of drug-likeness (QED) is 0.849. The van der Waals surface area contributed by atoms with E-state index < -0.39 is 10.0 Å². The summed E-state index contributed by atoms with van der Waals surface area (Å²) in [5, 5.41) is 0. The van der Waals surface area contributed by atoms with Crippen molar-refractivity contribution >= 4 is 15.9 Å². The lowest BCUT2D eigenvalue weighted by atomic mass is 10.1.